The lowest BCUT2D eigenvalue weighted by molar-refractivity contribution is -0.126. The maximum atomic E-state index is 12.4. The number of rotatable bonds is 4. The summed E-state index contributed by atoms with van der Waals surface area (Å²) in [5, 5.41) is 4.74. The quantitative estimate of drug-likeness (QED) is 0.901. The van der Waals surface area contributed by atoms with E-state index >= 15 is 0 Å². The number of hydrogen-bond donors (Lipinski definition) is 1. The van der Waals surface area contributed by atoms with Crippen molar-refractivity contribution < 1.29 is 9.59 Å². The Hall–Kier alpha value is -1.47. The first-order chi connectivity index (χ1) is 10.4. The number of nitrogens with zero attached hydrogens (tertiary/aromatic N) is 3. The number of nitrogens with one attached hydrogen (secondary N) is 1. The van der Waals surface area contributed by atoms with Crippen molar-refractivity contribution in [1.29, 1.82) is 0 Å². The second kappa shape index (κ2) is 7.19. The van der Waals surface area contributed by atoms with E-state index in [1.807, 2.05) is 38.0 Å². The van der Waals surface area contributed by atoms with Gasteiger partial charge in [-0.3, -0.25) is 14.5 Å². The van der Waals surface area contributed by atoms with Crippen LogP contribution < -0.4 is 5.32 Å². The summed E-state index contributed by atoms with van der Waals surface area (Å²) in [5.74, 6) is 0.0952. The number of piperazine rings is 1. The molecule has 22 heavy (non-hydrogen) atoms. The average molecular weight is 324 g/mol. The predicted octanol–water partition coefficient (Wildman–Crippen LogP) is 1.12. The van der Waals surface area contributed by atoms with E-state index in [2.05, 4.69) is 14.6 Å². The maximum absolute atomic E-state index is 12.4. The van der Waals surface area contributed by atoms with Gasteiger partial charge in [-0.2, -0.15) is 4.37 Å². The molecule has 0 radical (unpaired) electrons. The van der Waals surface area contributed by atoms with Gasteiger partial charge in [0.2, 0.25) is 5.91 Å². The Bertz CT molecular complexity index is 535. The first kappa shape index (κ1) is 16.9. The molecule has 1 aliphatic rings. The zero-order valence-corrected chi connectivity index (χ0v) is 14.4. The van der Waals surface area contributed by atoms with Crippen LogP contribution >= 0.6 is 11.5 Å². The first-order valence-electron chi connectivity index (χ1n) is 7.64. The molecule has 1 aliphatic heterocycles. The monoisotopic (exact) mass is 324 g/mol. The van der Waals surface area contributed by atoms with Gasteiger partial charge >= 0.3 is 0 Å². The third-order valence-corrected chi connectivity index (χ3v) is 4.66. The van der Waals surface area contributed by atoms with Gasteiger partial charge in [-0.15, -0.1) is 0 Å². The normalized spacial score (nSPS) is 17.6. The summed E-state index contributed by atoms with van der Waals surface area (Å²) in [6, 6.07) is -0.0175. The minimum absolute atomic E-state index is 0.0465. The minimum atomic E-state index is -0.163. The van der Waals surface area contributed by atoms with Crippen molar-refractivity contribution in [1.82, 2.24) is 19.5 Å². The highest BCUT2D eigenvalue weighted by Crippen LogP contribution is 2.15. The number of aryl methyl sites for hydroxylation is 1. The SMILES string of the molecule is Cc1nscc1C(=O)N1CCN(C(C)C(=O)NC(C)C)CC1. The van der Waals surface area contributed by atoms with Crippen molar-refractivity contribution in [2.75, 3.05) is 26.2 Å². The highest BCUT2D eigenvalue weighted by atomic mass is 32.1. The lowest BCUT2D eigenvalue weighted by Crippen LogP contribution is -2.55. The topological polar surface area (TPSA) is 65.5 Å². The Morgan fingerprint density at radius 2 is 1.86 bits per heavy atom. The van der Waals surface area contributed by atoms with Crippen molar-refractivity contribution >= 4 is 23.3 Å². The molecule has 0 aliphatic carbocycles. The van der Waals surface area contributed by atoms with Gasteiger partial charge in [0.25, 0.3) is 5.91 Å². The van der Waals surface area contributed by atoms with Crippen LogP contribution in [-0.2, 0) is 4.79 Å². The van der Waals surface area contributed by atoms with Gasteiger partial charge in [0, 0.05) is 37.6 Å². The van der Waals surface area contributed by atoms with Crippen LogP contribution in [0.5, 0.6) is 0 Å². The molecular weight excluding hydrogens is 300 g/mol. The van der Waals surface area contributed by atoms with E-state index in [-0.39, 0.29) is 23.9 Å². The fourth-order valence-corrected chi connectivity index (χ4v) is 3.24. The Morgan fingerprint density at radius 1 is 1.23 bits per heavy atom. The van der Waals surface area contributed by atoms with Crippen molar-refractivity contribution in [2.24, 2.45) is 0 Å². The molecule has 0 aromatic carbocycles. The van der Waals surface area contributed by atoms with Crippen LogP contribution in [-0.4, -0.2) is 64.3 Å². The second-order valence-electron chi connectivity index (χ2n) is 5.98. The van der Waals surface area contributed by atoms with Gasteiger partial charge in [-0.1, -0.05) is 0 Å². The molecule has 0 saturated carbocycles. The van der Waals surface area contributed by atoms with E-state index in [1.165, 1.54) is 11.5 Å². The lowest BCUT2D eigenvalue weighted by Gasteiger charge is -2.37. The zero-order valence-electron chi connectivity index (χ0n) is 13.6. The third kappa shape index (κ3) is 3.84. The van der Waals surface area contributed by atoms with Gasteiger partial charge in [0.1, 0.15) is 0 Å². The first-order valence-corrected chi connectivity index (χ1v) is 8.48. The van der Waals surface area contributed by atoms with E-state index in [9.17, 15) is 9.59 Å². The van der Waals surface area contributed by atoms with Gasteiger partial charge in [0.05, 0.1) is 17.3 Å². The van der Waals surface area contributed by atoms with Crippen LogP contribution in [0.15, 0.2) is 5.38 Å². The molecule has 1 N–H and O–H groups in total. The van der Waals surface area contributed by atoms with Crippen LogP contribution in [0, 0.1) is 6.92 Å². The van der Waals surface area contributed by atoms with Crippen LogP contribution in [0.4, 0.5) is 0 Å². The average Bonchev–Trinajstić information content (AvgIpc) is 2.91. The van der Waals surface area contributed by atoms with Gasteiger partial charge in [-0.05, 0) is 39.2 Å². The Labute approximate surface area is 135 Å². The molecule has 0 bridgehead atoms. The van der Waals surface area contributed by atoms with Crippen molar-refractivity contribution in [3.8, 4) is 0 Å². The molecule has 2 heterocycles. The number of hydrogen-bond acceptors (Lipinski definition) is 5. The maximum Gasteiger partial charge on any atom is 0.256 e. The lowest BCUT2D eigenvalue weighted by atomic mass is 10.1. The highest BCUT2D eigenvalue weighted by molar-refractivity contribution is 7.03. The molecule has 6 nitrogen and oxygen atoms in total. The summed E-state index contributed by atoms with van der Waals surface area (Å²) >= 11 is 1.31. The predicted molar refractivity (Wildman–Crippen MR) is 87.1 cm³/mol. The fraction of sp³-hybridized carbons (Fsp3) is 0.667. The second-order valence-corrected chi connectivity index (χ2v) is 6.61. The Balaban J connectivity index is 1.89. The highest BCUT2D eigenvalue weighted by Gasteiger charge is 2.28. The summed E-state index contributed by atoms with van der Waals surface area (Å²) in [6.45, 7) is 10.4. The molecule has 1 aromatic rings. The molecule has 1 unspecified atom stereocenters. The molecule has 2 amide bonds. The minimum Gasteiger partial charge on any atom is -0.353 e. The van der Waals surface area contributed by atoms with Gasteiger partial charge < -0.3 is 10.2 Å². The third-order valence-electron chi connectivity index (χ3n) is 3.94. The summed E-state index contributed by atoms with van der Waals surface area (Å²) in [6.07, 6.45) is 0. The van der Waals surface area contributed by atoms with Crippen LogP contribution in [0.3, 0.4) is 0 Å². The number of carbonyl (C=O) groups excluding carboxylic acids is 2. The zero-order chi connectivity index (χ0) is 16.3. The van der Waals surface area contributed by atoms with E-state index in [0.29, 0.717) is 18.7 Å². The molecule has 7 heteroatoms. The molecule has 1 atom stereocenters. The van der Waals surface area contributed by atoms with E-state index < -0.39 is 0 Å². The summed E-state index contributed by atoms with van der Waals surface area (Å²) in [4.78, 5) is 28.5. The van der Waals surface area contributed by atoms with Crippen molar-refractivity contribution in [3.05, 3.63) is 16.6 Å². The summed E-state index contributed by atoms with van der Waals surface area (Å²) in [7, 11) is 0. The van der Waals surface area contributed by atoms with Gasteiger partial charge in [-0.25, -0.2) is 0 Å². The fourth-order valence-electron chi connectivity index (χ4n) is 2.55. The molecular formula is C15H24N4O2S. The van der Waals surface area contributed by atoms with Crippen molar-refractivity contribution in [3.63, 3.8) is 0 Å². The number of aromatic nitrogens is 1. The Kier molecular flexibility index (Phi) is 5.52. The summed E-state index contributed by atoms with van der Waals surface area (Å²) < 4.78 is 4.16. The molecule has 2 rings (SSSR count). The van der Waals surface area contributed by atoms with Gasteiger partial charge in [0.15, 0.2) is 0 Å². The molecule has 1 saturated heterocycles. The number of amides is 2. The Morgan fingerprint density at radius 3 is 2.36 bits per heavy atom. The van der Waals surface area contributed by atoms with E-state index in [0.717, 1.165) is 18.8 Å². The van der Waals surface area contributed by atoms with Crippen LogP contribution in [0.2, 0.25) is 0 Å². The number of carbonyl (C=O) groups is 2. The summed E-state index contributed by atoms with van der Waals surface area (Å²) in [5.41, 5.74) is 1.49. The van der Waals surface area contributed by atoms with E-state index in [4.69, 9.17) is 0 Å². The van der Waals surface area contributed by atoms with Crippen molar-refractivity contribution in [2.45, 2.75) is 39.8 Å². The van der Waals surface area contributed by atoms with Crippen LogP contribution in [0.1, 0.15) is 36.8 Å². The standard InChI is InChI=1S/C15H24N4O2S/c1-10(2)16-14(20)12(4)18-5-7-19(8-6-18)15(21)13-9-22-17-11(13)3/h9-10,12H,5-8H2,1-4H3,(H,16,20). The molecule has 1 aromatic heterocycles. The smallest absolute Gasteiger partial charge is 0.256 e. The van der Waals surface area contributed by atoms with Crippen LogP contribution in [0.25, 0.3) is 0 Å². The molecule has 1 fully saturated rings. The van der Waals surface area contributed by atoms with E-state index in [1.54, 1.807) is 0 Å². The molecule has 0 spiro atoms. The molecule has 122 valence electrons. The largest absolute Gasteiger partial charge is 0.353 e.